The number of nitrogens with two attached hydrogens (primary N) is 2. The smallest absolute Gasteiger partial charge is 0.252 e. The van der Waals surface area contributed by atoms with Crippen LogP contribution >= 0.6 is 0 Å². The second-order valence-electron chi connectivity index (χ2n) is 7.55. The molecule has 3 atom stereocenters. The Hall–Kier alpha value is -2.08. The number of carbonyl (C=O) groups excluding carboxylic acids is 1. The number of nitrogens with zero attached hydrogens (tertiary/aromatic N) is 2. The van der Waals surface area contributed by atoms with Gasteiger partial charge in [-0.25, -0.2) is 4.52 Å². The third-order valence-corrected chi connectivity index (χ3v) is 5.11. The lowest BCUT2D eigenvalue weighted by Gasteiger charge is -2.32. The van der Waals surface area contributed by atoms with E-state index in [9.17, 15) is 4.79 Å². The first-order valence-electron chi connectivity index (χ1n) is 8.67. The minimum absolute atomic E-state index is 0.281. The first-order chi connectivity index (χ1) is 11.4. The lowest BCUT2D eigenvalue weighted by molar-refractivity contribution is 0.100. The second-order valence-corrected chi connectivity index (χ2v) is 7.55. The van der Waals surface area contributed by atoms with Crippen molar-refractivity contribution in [1.82, 2.24) is 9.61 Å². The summed E-state index contributed by atoms with van der Waals surface area (Å²) >= 11 is 0. The van der Waals surface area contributed by atoms with Crippen molar-refractivity contribution in [2.24, 2.45) is 23.3 Å². The van der Waals surface area contributed by atoms with Gasteiger partial charge in [-0.2, -0.15) is 5.10 Å². The largest absolute Gasteiger partial charge is 0.381 e. The number of amides is 1. The Morgan fingerprint density at radius 3 is 2.67 bits per heavy atom. The lowest BCUT2D eigenvalue weighted by Crippen LogP contribution is -2.48. The number of aromatic nitrogens is 2. The molecule has 1 saturated carbocycles. The van der Waals surface area contributed by atoms with Crippen LogP contribution in [0.4, 0.5) is 5.69 Å². The molecule has 1 fully saturated rings. The van der Waals surface area contributed by atoms with Gasteiger partial charge in [0.2, 0.25) is 0 Å². The summed E-state index contributed by atoms with van der Waals surface area (Å²) in [6.07, 6.45) is 7.78. The zero-order chi connectivity index (χ0) is 17.3. The van der Waals surface area contributed by atoms with Crippen LogP contribution < -0.4 is 16.8 Å². The molecule has 1 amide bonds. The van der Waals surface area contributed by atoms with E-state index in [1.165, 1.54) is 19.0 Å². The summed E-state index contributed by atoms with van der Waals surface area (Å²) in [6.45, 7) is 5.16. The summed E-state index contributed by atoms with van der Waals surface area (Å²) < 4.78 is 1.73. The van der Waals surface area contributed by atoms with Gasteiger partial charge in [-0.3, -0.25) is 4.79 Å². The molecule has 0 aliphatic heterocycles. The van der Waals surface area contributed by atoms with Crippen molar-refractivity contribution >= 4 is 17.1 Å². The molecule has 2 aromatic heterocycles. The van der Waals surface area contributed by atoms with Gasteiger partial charge in [0.05, 0.1) is 23.0 Å². The van der Waals surface area contributed by atoms with Crippen molar-refractivity contribution in [3.8, 4) is 0 Å². The van der Waals surface area contributed by atoms with Gasteiger partial charge >= 0.3 is 0 Å². The molecule has 6 nitrogen and oxygen atoms in total. The predicted octanol–water partition coefficient (Wildman–Crippen LogP) is 2.39. The highest BCUT2D eigenvalue weighted by atomic mass is 16.1. The molecule has 0 spiro atoms. The first kappa shape index (κ1) is 16.8. The summed E-state index contributed by atoms with van der Waals surface area (Å²) in [5.41, 5.74) is 13.9. The van der Waals surface area contributed by atoms with Gasteiger partial charge in [0, 0.05) is 18.3 Å². The van der Waals surface area contributed by atoms with Crippen molar-refractivity contribution in [3.05, 3.63) is 30.1 Å². The average molecular weight is 329 g/mol. The summed E-state index contributed by atoms with van der Waals surface area (Å²) in [6, 6.07) is 3.82. The highest BCUT2D eigenvalue weighted by Crippen LogP contribution is 2.33. The summed E-state index contributed by atoms with van der Waals surface area (Å²) in [4.78, 5) is 11.8. The highest BCUT2D eigenvalue weighted by molar-refractivity contribution is 6.01. The van der Waals surface area contributed by atoms with Gasteiger partial charge < -0.3 is 16.8 Å². The van der Waals surface area contributed by atoms with E-state index in [2.05, 4.69) is 24.3 Å². The number of anilines is 1. The molecular weight excluding hydrogens is 302 g/mol. The van der Waals surface area contributed by atoms with Crippen LogP contribution in [0.3, 0.4) is 0 Å². The van der Waals surface area contributed by atoms with Crippen molar-refractivity contribution in [3.63, 3.8) is 0 Å². The summed E-state index contributed by atoms with van der Waals surface area (Å²) in [5, 5.41) is 7.64. The minimum Gasteiger partial charge on any atom is -0.381 e. The fraction of sp³-hybridized carbons (Fsp3) is 0.556. The summed E-state index contributed by atoms with van der Waals surface area (Å²) in [7, 11) is 0. The normalized spacial score (nSPS) is 27.8. The number of fused-ring (bicyclic) bond motifs is 1. The maximum absolute atomic E-state index is 11.8. The molecule has 0 aromatic carbocycles. The van der Waals surface area contributed by atoms with Gasteiger partial charge in [-0.1, -0.05) is 26.7 Å². The van der Waals surface area contributed by atoms with Crippen LogP contribution in [0.5, 0.6) is 0 Å². The number of nitrogens with one attached hydrogen (secondary N) is 1. The topological polar surface area (TPSA) is 98.4 Å². The van der Waals surface area contributed by atoms with E-state index >= 15 is 0 Å². The molecule has 0 saturated heterocycles. The van der Waals surface area contributed by atoms with E-state index in [1.54, 1.807) is 4.52 Å². The predicted molar refractivity (Wildman–Crippen MR) is 95.9 cm³/mol. The van der Waals surface area contributed by atoms with E-state index < -0.39 is 5.91 Å². The van der Waals surface area contributed by atoms with E-state index in [-0.39, 0.29) is 5.54 Å². The maximum Gasteiger partial charge on any atom is 0.252 e. The molecule has 0 radical (unpaired) electrons. The van der Waals surface area contributed by atoms with E-state index in [4.69, 9.17) is 11.5 Å². The molecular formula is C18H27N5O. The summed E-state index contributed by atoms with van der Waals surface area (Å²) in [5.74, 6) is 0.744. The number of primary amides is 1. The van der Waals surface area contributed by atoms with Crippen LogP contribution in [0.15, 0.2) is 24.5 Å². The van der Waals surface area contributed by atoms with Gasteiger partial charge in [-0.15, -0.1) is 0 Å². The second kappa shape index (κ2) is 6.43. The zero-order valence-electron chi connectivity index (χ0n) is 14.5. The standard InChI is InChI=1S/C18H27N5O/c1-12-5-6-13(2)9-18(20,8-12)11-21-16-14(17(19)24)10-22-23-7-3-4-15(16)23/h3-4,7,10,12-13,21H,5-6,8-9,11,20H2,1-2H3,(H2,19,24)/t12-,13+,18?. The lowest BCUT2D eigenvalue weighted by atomic mass is 9.85. The van der Waals surface area contributed by atoms with E-state index in [0.29, 0.717) is 23.9 Å². The van der Waals surface area contributed by atoms with Crippen LogP contribution in [-0.2, 0) is 0 Å². The molecule has 6 heteroatoms. The Bertz CT molecular complexity index is 726. The van der Waals surface area contributed by atoms with Crippen molar-refractivity contribution < 1.29 is 4.79 Å². The molecule has 0 bridgehead atoms. The van der Waals surface area contributed by atoms with Crippen molar-refractivity contribution in [1.29, 1.82) is 0 Å². The molecule has 1 aliphatic rings. The molecule has 24 heavy (non-hydrogen) atoms. The quantitative estimate of drug-likeness (QED) is 0.750. The fourth-order valence-corrected chi connectivity index (χ4v) is 4.02. The van der Waals surface area contributed by atoms with Crippen molar-refractivity contribution in [2.45, 2.75) is 45.1 Å². The van der Waals surface area contributed by atoms with Gasteiger partial charge in [0.25, 0.3) is 5.91 Å². The highest BCUT2D eigenvalue weighted by Gasteiger charge is 2.32. The van der Waals surface area contributed by atoms with Gasteiger partial charge in [0.1, 0.15) is 0 Å². The van der Waals surface area contributed by atoms with E-state index in [0.717, 1.165) is 24.0 Å². The number of carbonyl (C=O) groups is 1. The fourth-order valence-electron chi connectivity index (χ4n) is 4.02. The van der Waals surface area contributed by atoms with Crippen LogP contribution in [-0.4, -0.2) is 27.6 Å². The zero-order valence-corrected chi connectivity index (χ0v) is 14.5. The molecule has 3 rings (SSSR count). The first-order valence-corrected chi connectivity index (χ1v) is 8.67. The van der Waals surface area contributed by atoms with E-state index in [1.807, 2.05) is 18.3 Å². The molecule has 5 N–H and O–H groups in total. The third-order valence-electron chi connectivity index (χ3n) is 5.11. The molecule has 1 unspecified atom stereocenters. The van der Waals surface area contributed by atoms with Crippen molar-refractivity contribution in [2.75, 3.05) is 11.9 Å². The number of hydrogen-bond donors (Lipinski definition) is 3. The maximum atomic E-state index is 11.8. The minimum atomic E-state index is -0.484. The Labute approximate surface area is 142 Å². The Balaban J connectivity index is 1.88. The van der Waals surface area contributed by atoms with Crippen LogP contribution in [0.2, 0.25) is 0 Å². The molecule has 2 heterocycles. The van der Waals surface area contributed by atoms with Gasteiger partial charge in [-0.05, 0) is 36.8 Å². The van der Waals surface area contributed by atoms with Crippen LogP contribution in [0.25, 0.3) is 5.52 Å². The third kappa shape index (κ3) is 3.38. The molecule has 1 aliphatic carbocycles. The van der Waals surface area contributed by atoms with Crippen LogP contribution in [0, 0.1) is 11.8 Å². The Kier molecular flexibility index (Phi) is 4.49. The van der Waals surface area contributed by atoms with Gasteiger partial charge in [0.15, 0.2) is 0 Å². The number of rotatable bonds is 4. The Morgan fingerprint density at radius 1 is 1.38 bits per heavy atom. The SMILES string of the molecule is C[C@@H]1CC[C@H](C)CC(N)(CNc2c(C(N)=O)cnn3cccc23)C1. The monoisotopic (exact) mass is 329 g/mol. The molecule has 130 valence electrons. The average Bonchev–Trinajstić information content (AvgIpc) is 2.94. The van der Waals surface area contributed by atoms with Crippen LogP contribution in [0.1, 0.15) is 49.9 Å². The Morgan fingerprint density at radius 2 is 2.04 bits per heavy atom. The number of hydrogen-bond acceptors (Lipinski definition) is 4. The molecule has 2 aromatic rings.